The maximum atomic E-state index is 11.9. The van der Waals surface area contributed by atoms with Crippen LogP contribution >= 0.6 is 11.6 Å². The lowest BCUT2D eigenvalue weighted by Crippen LogP contribution is -2.16. The lowest BCUT2D eigenvalue weighted by atomic mass is 10.1. The minimum atomic E-state index is -0.0658. The molecule has 0 aliphatic rings. The number of nitrogens with one attached hydrogen (secondary N) is 2. The number of ether oxygens (including phenoxy) is 1. The second-order valence-corrected chi connectivity index (χ2v) is 5.53. The number of aryl methyl sites for hydroxylation is 1. The quantitative estimate of drug-likeness (QED) is 0.792. The zero-order valence-electron chi connectivity index (χ0n) is 13.4. The molecule has 2 aromatic rings. The summed E-state index contributed by atoms with van der Waals surface area (Å²) in [5, 5.41) is 6.53. The van der Waals surface area contributed by atoms with Crippen LogP contribution in [0, 0.1) is 0 Å². The molecule has 0 aromatic heterocycles. The first-order valence-electron chi connectivity index (χ1n) is 7.58. The highest BCUT2D eigenvalue weighted by Gasteiger charge is 2.05. The molecule has 0 spiro atoms. The minimum absolute atomic E-state index is 0.0658. The summed E-state index contributed by atoms with van der Waals surface area (Å²) < 4.78 is 5.08. The van der Waals surface area contributed by atoms with Gasteiger partial charge in [0, 0.05) is 24.3 Å². The summed E-state index contributed by atoms with van der Waals surface area (Å²) in [6, 6.07) is 13.4. The summed E-state index contributed by atoms with van der Waals surface area (Å²) >= 11 is 6.03. The Labute approximate surface area is 141 Å². The highest BCUT2D eigenvalue weighted by atomic mass is 35.5. The monoisotopic (exact) mass is 332 g/mol. The molecule has 4 nitrogen and oxygen atoms in total. The summed E-state index contributed by atoms with van der Waals surface area (Å²) in [7, 11) is 1.55. The van der Waals surface area contributed by atoms with Gasteiger partial charge in [0.1, 0.15) is 5.75 Å². The molecule has 0 bridgehead atoms. The Morgan fingerprint density at radius 3 is 2.43 bits per heavy atom. The SMILES string of the molecule is CCc1ccc(NCCC(=O)Nc2ccc(OC)c(Cl)c2)cc1. The number of amides is 1. The van der Waals surface area contributed by atoms with Crippen LogP contribution < -0.4 is 15.4 Å². The summed E-state index contributed by atoms with van der Waals surface area (Å²) in [5.41, 5.74) is 2.97. The van der Waals surface area contributed by atoms with E-state index < -0.39 is 0 Å². The molecule has 0 saturated heterocycles. The molecule has 0 fully saturated rings. The van der Waals surface area contributed by atoms with Gasteiger partial charge in [-0.05, 0) is 42.3 Å². The van der Waals surface area contributed by atoms with Crippen LogP contribution in [0.5, 0.6) is 5.75 Å². The molecule has 2 aromatic carbocycles. The van der Waals surface area contributed by atoms with E-state index in [1.54, 1.807) is 25.3 Å². The van der Waals surface area contributed by atoms with E-state index in [0.717, 1.165) is 12.1 Å². The Balaban J connectivity index is 1.79. The van der Waals surface area contributed by atoms with E-state index in [0.29, 0.717) is 29.4 Å². The molecular weight excluding hydrogens is 312 g/mol. The van der Waals surface area contributed by atoms with Gasteiger partial charge in [0.05, 0.1) is 12.1 Å². The molecule has 23 heavy (non-hydrogen) atoms. The Morgan fingerprint density at radius 1 is 1.13 bits per heavy atom. The summed E-state index contributed by atoms with van der Waals surface area (Å²) in [4.78, 5) is 11.9. The number of carbonyl (C=O) groups is 1. The third-order valence-electron chi connectivity index (χ3n) is 3.48. The van der Waals surface area contributed by atoms with Crippen molar-refractivity contribution in [1.29, 1.82) is 0 Å². The van der Waals surface area contributed by atoms with Crippen LogP contribution in [0.2, 0.25) is 5.02 Å². The molecule has 0 atom stereocenters. The van der Waals surface area contributed by atoms with Crippen molar-refractivity contribution in [1.82, 2.24) is 0 Å². The van der Waals surface area contributed by atoms with Crippen molar-refractivity contribution >= 4 is 28.9 Å². The number of benzene rings is 2. The molecule has 0 aliphatic heterocycles. The van der Waals surface area contributed by atoms with E-state index in [2.05, 4.69) is 29.7 Å². The topological polar surface area (TPSA) is 50.4 Å². The van der Waals surface area contributed by atoms with E-state index in [1.807, 2.05) is 12.1 Å². The van der Waals surface area contributed by atoms with Gasteiger partial charge in [-0.25, -0.2) is 0 Å². The number of rotatable bonds is 7. The first kappa shape index (κ1) is 17.2. The molecule has 0 radical (unpaired) electrons. The lowest BCUT2D eigenvalue weighted by molar-refractivity contribution is -0.115. The Morgan fingerprint density at radius 2 is 1.83 bits per heavy atom. The Bertz CT molecular complexity index is 657. The fourth-order valence-electron chi connectivity index (χ4n) is 2.15. The van der Waals surface area contributed by atoms with Crippen molar-refractivity contribution in [3.05, 3.63) is 53.1 Å². The zero-order chi connectivity index (χ0) is 16.7. The van der Waals surface area contributed by atoms with Crippen molar-refractivity contribution in [3.8, 4) is 5.75 Å². The van der Waals surface area contributed by atoms with Crippen molar-refractivity contribution in [2.24, 2.45) is 0 Å². The lowest BCUT2D eigenvalue weighted by Gasteiger charge is -2.09. The van der Waals surface area contributed by atoms with Crippen molar-refractivity contribution in [2.75, 3.05) is 24.3 Å². The molecular formula is C18H21ClN2O2. The highest BCUT2D eigenvalue weighted by molar-refractivity contribution is 6.32. The maximum absolute atomic E-state index is 11.9. The Kier molecular flexibility index (Phi) is 6.29. The molecule has 0 heterocycles. The fraction of sp³-hybridized carbons (Fsp3) is 0.278. The van der Waals surface area contributed by atoms with Crippen LogP contribution in [-0.2, 0) is 11.2 Å². The number of anilines is 2. The van der Waals surface area contributed by atoms with Gasteiger partial charge in [-0.1, -0.05) is 30.7 Å². The number of hydrogen-bond donors (Lipinski definition) is 2. The first-order valence-corrected chi connectivity index (χ1v) is 7.96. The molecule has 122 valence electrons. The van der Waals surface area contributed by atoms with E-state index in [1.165, 1.54) is 5.56 Å². The van der Waals surface area contributed by atoms with Gasteiger partial charge in [0.25, 0.3) is 0 Å². The van der Waals surface area contributed by atoms with E-state index in [9.17, 15) is 4.79 Å². The Hall–Kier alpha value is -2.20. The van der Waals surface area contributed by atoms with Gasteiger partial charge in [0.2, 0.25) is 5.91 Å². The van der Waals surface area contributed by atoms with Gasteiger partial charge >= 0.3 is 0 Å². The highest BCUT2D eigenvalue weighted by Crippen LogP contribution is 2.27. The largest absolute Gasteiger partial charge is 0.495 e. The summed E-state index contributed by atoms with van der Waals surface area (Å²) in [6.07, 6.45) is 1.40. The fourth-order valence-corrected chi connectivity index (χ4v) is 2.40. The van der Waals surface area contributed by atoms with Gasteiger partial charge < -0.3 is 15.4 Å². The van der Waals surface area contributed by atoms with Crippen LogP contribution in [0.15, 0.2) is 42.5 Å². The predicted molar refractivity (Wildman–Crippen MR) is 95.6 cm³/mol. The predicted octanol–water partition coefficient (Wildman–Crippen LogP) is 4.35. The molecule has 0 aliphatic carbocycles. The number of hydrogen-bond acceptors (Lipinski definition) is 3. The minimum Gasteiger partial charge on any atom is -0.495 e. The van der Waals surface area contributed by atoms with Gasteiger partial charge in [-0.3, -0.25) is 4.79 Å². The van der Waals surface area contributed by atoms with Crippen LogP contribution in [0.4, 0.5) is 11.4 Å². The standard InChI is InChI=1S/C18H21ClN2O2/c1-3-13-4-6-14(7-5-13)20-11-10-18(22)21-15-8-9-17(23-2)16(19)12-15/h4-9,12,20H,3,10-11H2,1-2H3,(H,21,22). The molecule has 5 heteroatoms. The first-order chi connectivity index (χ1) is 11.1. The van der Waals surface area contributed by atoms with Crippen LogP contribution in [0.25, 0.3) is 0 Å². The molecule has 2 rings (SSSR count). The maximum Gasteiger partial charge on any atom is 0.226 e. The van der Waals surface area contributed by atoms with Crippen LogP contribution in [0.1, 0.15) is 18.9 Å². The zero-order valence-corrected chi connectivity index (χ0v) is 14.1. The van der Waals surface area contributed by atoms with E-state index in [-0.39, 0.29) is 5.91 Å². The summed E-state index contributed by atoms with van der Waals surface area (Å²) in [6.45, 7) is 2.69. The summed E-state index contributed by atoms with van der Waals surface area (Å²) in [5.74, 6) is 0.519. The molecule has 0 saturated carbocycles. The van der Waals surface area contributed by atoms with Gasteiger partial charge in [-0.15, -0.1) is 0 Å². The number of halogens is 1. The third-order valence-corrected chi connectivity index (χ3v) is 3.77. The smallest absolute Gasteiger partial charge is 0.226 e. The second-order valence-electron chi connectivity index (χ2n) is 5.12. The van der Waals surface area contributed by atoms with E-state index >= 15 is 0 Å². The molecule has 0 unspecified atom stereocenters. The van der Waals surface area contributed by atoms with Crippen LogP contribution in [-0.4, -0.2) is 19.6 Å². The van der Waals surface area contributed by atoms with Gasteiger partial charge in [0.15, 0.2) is 0 Å². The second kappa shape index (κ2) is 8.44. The van der Waals surface area contributed by atoms with Crippen molar-refractivity contribution in [2.45, 2.75) is 19.8 Å². The average Bonchev–Trinajstić information content (AvgIpc) is 2.55. The average molecular weight is 333 g/mol. The van der Waals surface area contributed by atoms with Gasteiger partial charge in [-0.2, -0.15) is 0 Å². The normalized spacial score (nSPS) is 10.2. The number of methoxy groups -OCH3 is 1. The third kappa shape index (κ3) is 5.18. The van der Waals surface area contributed by atoms with Crippen molar-refractivity contribution < 1.29 is 9.53 Å². The molecule has 1 amide bonds. The van der Waals surface area contributed by atoms with Crippen LogP contribution in [0.3, 0.4) is 0 Å². The van der Waals surface area contributed by atoms with Crippen molar-refractivity contribution in [3.63, 3.8) is 0 Å². The van der Waals surface area contributed by atoms with E-state index in [4.69, 9.17) is 16.3 Å². The molecule has 2 N–H and O–H groups in total. The number of carbonyl (C=O) groups excluding carboxylic acids is 1.